The molecule has 3 nitrogen and oxygen atoms in total. The van der Waals surface area contributed by atoms with Crippen molar-refractivity contribution in [3.8, 4) is 5.75 Å². The Labute approximate surface area is 99.9 Å². The summed E-state index contributed by atoms with van der Waals surface area (Å²) in [6.45, 7) is 1.79. The second kappa shape index (κ2) is 4.45. The Kier molecular flexibility index (Phi) is 3.15. The first-order valence-corrected chi connectivity index (χ1v) is 5.71. The molecule has 1 aromatic rings. The maximum absolute atomic E-state index is 13.4. The first-order valence-electron chi connectivity index (χ1n) is 5.71. The standard InChI is InChI=1S/C13H16FNO2/c1-8(16)12-6-10(14)5-9(13(12)17)7-15(2)11-3-4-11/h5-6,11,17H,3-4,7H2,1-2H3. The van der Waals surface area contributed by atoms with Crippen LogP contribution < -0.4 is 0 Å². The Hall–Kier alpha value is -1.42. The molecule has 0 radical (unpaired) electrons. The molecule has 1 aromatic carbocycles. The number of phenolic OH excluding ortho intramolecular Hbond substituents is 1. The number of rotatable bonds is 4. The number of phenols is 1. The summed E-state index contributed by atoms with van der Waals surface area (Å²) in [6.07, 6.45) is 2.29. The van der Waals surface area contributed by atoms with Gasteiger partial charge in [-0.2, -0.15) is 0 Å². The zero-order valence-electron chi connectivity index (χ0n) is 10.0. The lowest BCUT2D eigenvalue weighted by Crippen LogP contribution is -2.20. The van der Waals surface area contributed by atoms with Crippen molar-refractivity contribution in [3.63, 3.8) is 0 Å². The van der Waals surface area contributed by atoms with Crippen molar-refractivity contribution in [2.45, 2.75) is 32.4 Å². The van der Waals surface area contributed by atoms with Gasteiger partial charge in [0.1, 0.15) is 11.6 Å². The lowest BCUT2D eigenvalue weighted by Gasteiger charge is -2.17. The summed E-state index contributed by atoms with van der Waals surface area (Å²) >= 11 is 0. The Morgan fingerprint density at radius 2 is 2.18 bits per heavy atom. The molecule has 0 spiro atoms. The minimum atomic E-state index is -0.479. The third kappa shape index (κ3) is 2.64. The second-order valence-electron chi connectivity index (χ2n) is 4.66. The van der Waals surface area contributed by atoms with E-state index in [1.807, 2.05) is 7.05 Å². The molecule has 1 fully saturated rings. The first kappa shape index (κ1) is 12.0. The van der Waals surface area contributed by atoms with Crippen molar-refractivity contribution in [3.05, 3.63) is 29.1 Å². The highest BCUT2D eigenvalue weighted by molar-refractivity contribution is 5.97. The molecule has 1 aliphatic rings. The van der Waals surface area contributed by atoms with Crippen LogP contribution in [0.3, 0.4) is 0 Å². The average molecular weight is 237 g/mol. The number of benzene rings is 1. The minimum absolute atomic E-state index is 0.0594. The van der Waals surface area contributed by atoms with Gasteiger partial charge in [-0.25, -0.2) is 4.39 Å². The number of ketones is 1. The van der Waals surface area contributed by atoms with E-state index in [9.17, 15) is 14.3 Å². The van der Waals surface area contributed by atoms with Gasteiger partial charge in [0.15, 0.2) is 5.78 Å². The second-order valence-corrected chi connectivity index (χ2v) is 4.66. The highest BCUT2D eigenvalue weighted by atomic mass is 19.1. The van der Waals surface area contributed by atoms with E-state index in [2.05, 4.69) is 4.90 Å². The van der Waals surface area contributed by atoms with Crippen LogP contribution in [0.2, 0.25) is 0 Å². The monoisotopic (exact) mass is 237 g/mol. The molecule has 0 atom stereocenters. The van der Waals surface area contributed by atoms with Crippen molar-refractivity contribution in [2.75, 3.05) is 7.05 Å². The molecule has 0 aromatic heterocycles. The van der Waals surface area contributed by atoms with Gasteiger partial charge in [0.25, 0.3) is 0 Å². The van der Waals surface area contributed by atoms with Gasteiger partial charge in [0.2, 0.25) is 0 Å². The molecule has 0 heterocycles. The molecule has 1 aliphatic carbocycles. The molecule has 0 aliphatic heterocycles. The van der Waals surface area contributed by atoms with Crippen LogP contribution in [0.15, 0.2) is 12.1 Å². The van der Waals surface area contributed by atoms with Crippen molar-refractivity contribution < 1.29 is 14.3 Å². The van der Waals surface area contributed by atoms with Crippen LogP contribution in [0.25, 0.3) is 0 Å². The predicted octanol–water partition coefficient (Wildman–Crippen LogP) is 2.33. The summed E-state index contributed by atoms with van der Waals surface area (Å²) in [6, 6.07) is 2.90. The van der Waals surface area contributed by atoms with Crippen LogP contribution >= 0.6 is 0 Å². The Balaban J connectivity index is 2.28. The first-order chi connectivity index (χ1) is 7.99. The smallest absolute Gasteiger partial charge is 0.163 e. The predicted molar refractivity (Wildman–Crippen MR) is 62.6 cm³/mol. The largest absolute Gasteiger partial charge is 0.507 e. The van der Waals surface area contributed by atoms with Gasteiger partial charge in [0, 0.05) is 18.2 Å². The summed E-state index contributed by atoms with van der Waals surface area (Å²) in [7, 11) is 1.94. The van der Waals surface area contributed by atoms with Gasteiger partial charge < -0.3 is 5.11 Å². The van der Waals surface area contributed by atoms with Crippen molar-refractivity contribution in [1.29, 1.82) is 0 Å². The number of halogens is 1. The number of aromatic hydroxyl groups is 1. The van der Waals surface area contributed by atoms with Crippen LogP contribution in [0.5, 0.6) is 5.75 Å². The molecule has 1 saturated carbocycles. The molecule has 92 valence electrons. The average Bonchev–Trinajstić information content (AvgIpc) is 3.05. The number of hydrogen-bond donors (Lipinski definition) is 1. The molecular formula is C13H16FNO2. The van der Waals surface area contributed by atoms with Crippen molar-refractivity contribution in [1.82, 2.24) is 4.90 Å². The number of hydrogen-bond acceptors (Lipinski definition) is 3. The number of Topliss-reactive ketones (excluding diaryl/α,β-unsaturated/α-hetero) is 1. The maximum Gasteiger partial charge on any atom is 0.163 e. The molecule has 0 bridgehead atoms. The van der Waals surface area contributed by atoms with Gasteiger partial charge in [-0.1, -0.05) is 0 Å². The quantitative estimate of drug-likeness (QED) is 0.817. The Morgan fingerprint density at radius 3 is 2.71 bits per heavy atom. The highest BCUT2D eigenvalue weighted by Gasteiger charge is 2.27. The van der Waals surface area contributed by atoms with Crippen LogP contribution in [-0.4, -0.2) is 28.9 Å². The third-order valence-corrected chi connectivity index (χ3v) is 3.12. The zero-order valence-corrected chi connectivity index (χ0v) is 10.0. The minimum Gasteiger partial charge on any atom is -0.507 e. The van der Waals surface area contributed by atoms with Crippen molar-refractivity contribution >= 4 is 5.78 Å². The summed E-state index contributed by atoms with van der Waals surface area (Å²) in [5, 5.41) is 9.92. The lowest BCUT2D eigenvalue weighted by molar-refractivity contribution is 0.101. The Bertz CT molecular complexity index is 455. The normalized spacial score (nSPS) is 15.3. The number of carbonyl (C=O) groups excluding carboxylic acids is 1. The van der Waals surface area contributed by atoms with Gasteiger partial charge in [-0.3, -0.25) is 9.69 Å². The van der Waals surface area contributed by atoms with E-state index < -0.39 is 5.82 Å². The molecule has 17 heavy (non-hydrogen) atoms. The van der Waals surface area contributed by atoms with Crippen LogP contribution in [-0.2, 0) is 6.54 Å². The number of nitrogens with zero attached hydrogens (tertiary/aromatic N) is 1. The molecule has 0 unspecified atom stereocenters. The fourth-order valence-electron chi connectivity index (χ4n) is 1.96. The fraction of sp³-hybridized carbons (Fsp3) is 0.462. The molecule has 1 N–H and O–H groups in total. The molecular weight excluding hydrogens is 221 g/mol. The molecule has 0 saturated heterocycles. The fourth-order valence-corrected chi connectivity index (χ4v) is 1.96. The van der Waals surface area contributed by atoms with E-state index in [1.54, 1.807) is 0 Å². The van der Waals surface area contributed by atoms with E-state index in [0.717, 1.165) is 18.9 Å². The summed E-state index contributed by atoms with van der Waals surface area (Å²) < 4.78 is 13.4. The third-order valence-electron chi connectivity index (χ3n) is 3.12. The Morgan fingerprint density at radius 1 is 1.53 bits per heavy atom. The van der Waals surface area contributed by atoms with E-state index in [1.165, 1.54) is 13.0 Å². The SMILES string of the molecule is CC(=O)c1cc(F)cc(CN(C)C2CC2)c1O. The summed E-state index contributed by atoms with van der Waals surface area (Å²) in [5.41, 5.74) is 0.536. The molecule has 2 rings (SSSR count). The maximum atomic E-state index is 13.4. The molecule has 0 amide bonds. The number of carbonyl (C=O) groups is 1. The van der Waals surface area contributed by atoms with E-state index in [4.69, 9.17) is 0 Å². The topological polar surface area (TPSA) is 40.5 Å². The van der Waals surface area contributed by atoms with Gasteiger partial charge >= 0.3 is 0 Å². The van der Waals surface area contributed by atoms with E-state index in [0.29, 0.717) is 18.2 Å². The zero-order chi connectivity index (χ0) is 12.6. The lowest BCUT2D eigenvalue weighted by atomic mass is 10.0. The van der Waals surface area contributed by atoms with Crippen LogP contribution in [0, 0.1) is 5.82 Å². The summed E-state index contributed by atoms with van der Waals surface area (Å²) in [5.74, 6) is -0.893. The van der Waals surface area contributed by atoms with Gasteiger partial charge in [-0.15, -0.1) is 0 Å². The van der Waals surface area contributed by atoms with Gasteiger partial charge in [0.05, 0.1) is 5.56 Å². The molecule has 4 heteroatoms. The van der Waals surface area contributed by atoms with E-state index in [-0.39, 0.29) is 17.1 Å². The highest BCUT2D eigenvalue weighted by Crippen LogP contribution is 2.30. The van der Waals surface area contributed by atoms with Gasteiger partial charge in [-0.05, 0) is 38.9 Å². The van der Waals surface area contributed by atoms with Crippen LogP contribution in [0.1, 0.15) is 35.7 Å². The van der Waals surface area contributed by atoms with Crippen molar-refractivity contribution in [2.24, 2.45) is 0 Å². The summed E-state index contributed by atoms with van der Waals surface area (Å²) in [4.78, 5) is 13.3. The van der Waals surface area contributed by atoms with E-state index >= 15 is 0 Å². The van der Waals surface area contributed by atoms with Crippen LogP contribution in [0.4, 0.5) is 4.39 Å².